The zero-order valence-corrected chi connectivity index (χ0v) is 15.5. The summed E-state index contributed by atoms with van der Waals surface area (Å²) in [6.45, 7) is 2.48. The Kier molecular flexibility index (Phi) is 4.57. The molecule has 4 rings (SSSR count). The van der Waals surface area contributed by atoms with Crippen LogP contribution in [-0.2, 0) is 11.2 Å². The lowest BCUT2D eigenvalue weighted by Gasteiger charge is -2.21. The summed E-state index contributed by atoms with van der Waals surface area (Å²) in [5.74, 6) is 5.85. The Balaban J connectivity index is 1.53. The van der Waals surface area contributed by atoms with Gasteiger partial charge in [0, 0.05) is 12.2 Å². The molecule has 1 amide bonds. The molecule has 138 valence electrons. The van der Waals surface area contributed by atoms with E-state index in [1.807, 2.05) is 31.2 Å². The number of hydrogen-bond acceptors (Lipinski definition) is 5. The van der Waals surface area contributed by atoms with Gasteiger partial charge in [-0.2, -0.15) is 0 Å². The minimum atomic E-state index is -0.425. The van der Waals surface area contributed by atoms with Crippen molar-refractivity contribution in [2.75, 3.05) is 17.3 Å². The third-order valence-electron chi connectivity index (χ3n) is 4.56. The Morgan fingerprint density at radius 2 is 1.93 bits per heavy atom. The number of para-hydroxylation sites is 1. The van der Waals surface area contributed by atoms with E-state index in [-0.39, 0.29) is 17.3 Å². The number of carbonyl (C=O) groups is 1. The van der Waals surface area contributed by atoms with Crippen molar-refractivity contribution >= 4 is 23.4 Å². The van der Waals surface area contributed by atoms with Crippen LogP contribution < -0.4 is 10.7 Å². The molecular formula is C19H18FN5OS. The van der Waals surface area contributed by atoms with Crippen molar-refractivity contribution in [3.05, 3.63) is 59.9 Å². The predicted molar refractivity (Wildman–Crippen MR) is 103 cm³/mol. The van der Waals surface area contributed by atoms with Crippen LogP contribution in [0, 0.1) is 5.82 Å². The van der Waals surface area contributed by atoms with Crippen LogP contribution >= 0.6 is 11.8 Å². The first-order chi connectivity index (χ1) is 13.1. The average Bonchev–Trinajstić information content (AvgIpc) is 3.26. The summed E-state index contributed by atoms with van der Waals surface area (Å²) in [5.41, 5.74) is 2.40. The Morgan fingerprint density at radius 3 is 2.74 bits per heavy atom. The van der Waals surface area contributed by atoms with Gasteiger partial charge in [-0.15, -0.1) is 10.2 Å². The zero-order valence-electron chi connectivity index (χ0n) is 14.7. The van der Waals surface area contributed by atoms with Crippen LogP contribution in [-0.4, -0.2) is 32.6 Å². The number of nitrogens with two attached hydrogens (primary N) is 1. The summed E-state index contributed by atoms with van der Waals surface area (Å²) < 4.78 is 15.2. The fraction of sp³-hybridized carbons (Fsp3) is 0.211. The van der Waals surface area contributed by atoms with Crippen molar-refractivity contribution in [2.24, 2.45) is 0 Å². The summed E-state index contributed by atoms with van der Waals surface area (Å²) in [6.07, 6.45) is 0.851. The SMILES string of the molecule is C[C@H](Sc1nnc(-c2ccccc2F)n1N)C(=O)N1CCc2ccccc21. The van der Waals surface area contributed by atoms with Gasteiger partial charge >= 0.3 is 0 Å². The van der Waals surface area contributed by atoms with Gasteiger partial charge < -0.3 is 10.7 Å². The number of amides is 1. The first kappa shape index (κ1) is 17.5. The smallest absolute Gasteiger partial charge is 0.240 e. The normalized spacial score (nSPS) is 14.2. The minimum absolute atomic E-state index is 0.0135. The number of benzene rings is 2. The van der Waals surface area contributed by atoms with Gasteiger partial charge in [0.1, 0.15) is 5.82 Å². The number of aromatic nitrogens is 3. The van der Waals surface area contributed by atoms with E-state index in [4.69, 9.17) is 5.84 Å². The number of nitrogen functional groups attached to an aromatic ring is 1. The molecule has 2 aromatic carbocycles. The highest BCUT2D eigenvalue weighted by Crippen LogP contribution is 2.32. The number of hydrogen-bond donors (Lipinski definition) is 1. The molecule has 0 spiro atoms. The largest absolute Gasteiger partial charge is 0.335 e. The Morgan fingerprint density at radius 1 is 1.19 bits per heavy atom. The van der Waals surface area contributed by atoms with Crippen LogP contribution in [0.5, 0.6) is 0 Å². The number of rotatable bonds is 4. The van der Waals surface area contributed by atoms with E-state index in [1.165, 1.54) is 28.1 Å². The molecule has 0 saturated heterocycles. The highest BCUT2D eigenvalue weighted by Gasteiger charge is 2.29. The van der Waals surface area contributed by atoms with Crippen LogP contribution in [0.15, 0.2) is 53.7 Å². The quantitative estimate of drug-likeness (QED) is 0.554. The van der Waals surface area contributed by atoms with Gasteiger partial charge in [-0.05, 0) is 37.1 Å². The molecule has 2 N–H and O–H groups in total. The molecule has 0 bridgehead atoms. The summed E-state index contributed by atoms with van der Waals surface area (Å²) in [4.78, 5) is 14.7. The van der Waals surface area contributed by atoms with Crippen LogP contribution in [0.3, 0.4) is 0 Å². The molecule has 1 aliphatic rings. The molecule has 6 nitrogen and oxygen atoms in total. The molecule has 0 fully saturated rings. The minimum Gasteiger partial charge on any atom is -0.335 e. The second kappa shape index (κ2) is 7.03. The van der Waals surface area contributed by atoms with Gasteiger partial charge in [0.2, 0.25) is 11.1 Å². The molecule has 2 heterocycles. The Bertz CT molecular complexity index is 1010. The highest BCUT2D eigenvalue weighted by atomic mass is 32.2. The van der Waals surface area contributed by atoms with Crippen molar-refractivity contribution in [1.82, 2.24) is 14.9 Å². The lowest BCUT2D eigenvalue weighted by molar-refractivity contribution is -0.117. The maximum atomic E-state index is 14.0. The number of thioether (sulfide) groups is 1. The van der Waals surface area contributed by atoms with E-state index >= 15 is 0 Å². The van der Waals surface area contributed by atoms with E-state index in [0.29, 0.717) is 11.7 Å². The number of carbonyl (C=O) groups excluding carboxylic acids is 1. The van der Waals surface area contributed by atoms with Gasteiger partial charge in [0.05, 0.1) is 10.8 Å². The third-order valence-corrected chi connectivity index (χ3v) is 5.61. The average molecular weight is 383 g/mol. The monoisotopic (exact) mass is 383 g/mol. The number of nitrogens with zero attached hydrogens (tertiary/aromatic N) is 4. The summed E-state index contributed by atoms with van der Waals surface area (Å²) in [6, 6.07) is 14.1. The van der Waals surface area contributed by atoms with Crippen molar-refractivity contribution in [3.8, 4) is 11.4 Å². The maximum absolute atomic E-state index is 14.0. The molecule has 0 aliphatic carbocycles. The molecule has 3 aromatic rings. The Labute approximate surface area is 160 Å². The molecule has 1 aliphatic heterocycles. The molecular weight excluding hydrogens is 365 g/mol. The van der Waals surface area contributed by atoms with Gasteiger partial charge in [0.15, 0.2) is 5.82 Å². The molecule has 8 heteroatoms. The van der Waals surface area contributed by atoms with Gasteiger partial charge in [-0.3, -0.25) is 4.79 Å². The molecule has 1 aromatic heterocycles. The summed E-state index contributed by atoms with van der Waals surface area (Å²) in [7, 11) is 0. The van der Waals surface area contributed by atoms with E-state index in [0.717, 1.165) is 12.1 Å². The molecule has 1 atom stereocenters. The van der Waals surface area contributed by atoms with Crippen molar-refractivity contribution in [3.63, 3.8) is 0 Å². The van der Waals surface area contributed by atoms with Crippen LogP contribution in [0.2, 0.25) is 0 Å². The van der Waals surface area contributed by atoms with Gasteiger partial charge in [0.25, 0.3) is 0 Å². The first-order valence-corrected chi connectivity index (χ1v) is 9.45. The highest BCUT2D eigenvalue weighted by molar-refractivity contribution is 8.00. The first-order valence-electron chi connectivity index (χ1n) is 8.57. The summed E-state index contributed by atoms with van der Waals surface area (Å²) >= 11 is 1.21. The van der Waals surface area contributed by atoms with Gasteiger partial charge in [-0.25, -0.2) is 9.07 Å². The molecule has 0 unspecified atom stereocenters. The second-order valence-corrected chi connectivity index (χ2v) is 7.59. The van der Waals surface area contributed by atoms with Crippen molar-refractivity contribution < 1.29 is 9.18 Å². The topological polar surface area (TPSA) is 77.0 Å². The second-order valence-electron chi connectivity index (χ2n) is 6.28. The van der Waals surface area contributed by atoms with E-state index < -0.39 is 11.1 Å². The fourth-order valence-corrected chi connectivity index (χ4v) is 4.01. The van der Waals surface area contributed by atoms with Crippen LogP contribution in [0.1, 0.15) is 12.5 Å². The summed E-state index contributed by atoms with van der Waals surface area (Å²) in [5, 5.41) is 7.99. The fourth-order valence-electron chi connectivity index (χ4n) is 3.18. The van der Waals surface area contributed by atoms with Crippen LogP contribution in [0.25, 0.3) is 11.4 Å². The predicted octanol–water partition coefficient (Wildman–Crippen LogP) is 2.87. The van der Waals surface area contributed by atoms with Crippen LogP contribution in [0.4, 0.5) is 10.1 Å². The standard InChI is InChI=1S/C19H18FN5OS/c1-12(18(26)24-11-10-13-6-2-5-9-16(13)24)27-19-23-22-17(25(19)21)14-7-3-4-8-15(14)20/h2-9,12H,10-11,21H2,1H3/t12-/m0/s1. The maximum Gasteiger partial charge on any atom is 0.240 e. The third kappa shape index (κ3) is 3.16. The van der Waals surface area contributed by atoms with Gasteiger partial charge in [-0.1, -0.05) is 42.1 Å². The Hall–Kier alpha value is -2.87. The lowest BCUT2D eigenvalue weighted by Crippen LogP contribution is -2.35. The molecule has 0 radical (unpaired) electrons. The molecule has 27 heavy (non-hydrogen) atoms. The number of anilines is 1. The lowest BCUT2D eigenvalue weighted by atomic mass is 10.2. The van der Waals surface area contributed by atoms with Crippen molar-refractivity contribution in [2.45, 2.75) is 23.8 Å². The van der Waals surface area contributed by atoms with Crippen molar-refractivity contribution in [1.29, 1.82) is 0 Å². The number of fused-ring (bicyclic) bond motifs is 1. The van der Waals surface area contributed by atoms with E-state index in [1.54, 1.807) is 23.1 Å². The van der Waals surface area contributed by atoms with E-state index in [2.05, 4.69) is 10.2 Å². The molecule has 0 saturated carbocycles. The zero-order chi connectivity index (χ0) is 19.0. The van der Waals surface area contributed by atoms with E-state index in [9.17, 15) is 9.18 Å². The number of halogens is 1.